The number of thioether (sulfide) groups is 1. The van der Waals surface area contributed by atoms with Gasteiger partial charge in [-0.15, -0.1) is 21.5 Å². The highest BCUT2D eigenvalue weighted by Crippen LogP contribution is 2.37. The number of aryl methyl sites for hydroxylation is 1. The molecule has 1 aromatic carbocycles. The van der Waals surface area contributed by atoms with Crippen molar-refractivity contribution in [3.63, 3.8) is 0 Å². The average Bonchev–Trinajstić information content (AvgIpc) is 3.34. The molecule has 0 atom stereocenters. The normalized spacial score (nSPS) is 12.6. The van der Waals surface area contributed by atoms with Crippen molar-refractivity contribution in [1.29, 1.82) is 5.26 Å². The number of thiophene rings is 1. The first-order valence-electron chi connectivity index (χ1n) is 10.5. The molecule has 34 heavy (non-hydrogen) atoms. The highest BCUT2D eigenvalue weighted by molar-refractivity contribution is 7.99. The molecular formula is C22H20Cl2N6O2S2. The molecule has 0 saturated heterocycles. The van der Waals surface area contributed by atoms with Crippen LogP contribution in [-0.4, -0.2) is 32.3 Å². The number of carbonyl (C=O) groups excluding carboxylic acids is 2. The van der Waals surface area contributed by atoms with Gasteiger partial charge in [0.1, 0.15) is 16.9 Å². The number of fused-ring (bicyclic) bond motifs is 1. The van der Waals surface area contributed by atoms with E-state index in [1.165, 1.54) is 28.0 Å². The van der Waals surface area contributed by atoms with Crippen LogP contribution in [0.4, 0.5) is 10.7 Å². The number of benzene rings is 1. The Kier molecular flexibility index (Phi) is 7.78. The number of hydrogen-bond donors (Lipinski definition) is 2. The third-order valence-electron chi connectivity index (χ3n) is 5.34. The highest BCUT2D eigenvalue weighted by Gasteiger charge is 2.22. The fraction of sp³-hybridized carbons (Fsp3) is 0.318. The summed E-state index contributed by atoms with van der Waals surface area (Å²) in [5.41, 5.74) is 2.08. The van der Waals surface area contributed by atoms with Gasteiger partial charge in [0.25, 0.3) is 0 Å². The molecule has 1 aliphatic rings. The van der Waals surface area contributed by atoms with Gasteiger partial charge in [-0.1, -0.05) is 41.0 Å². The molecule has 0 saturated carbocycles. The molecule has 2 amide bonds. The summed E-state index contributed by atoms with van der Waals surface area (Å²) in [6.07, 6.45) is 4.00. The number of amides is 2. The molecule has 1 aliphatic carbocycles. The van der Waals surface area contributed by atoms with Crippen LogP contribution in [0.25, 0.3) is 0 Å². The lowest BCUT2D eigenvalue weighted by Crippen LogP contribution is -2.17. The van der Waals surface area contributed by atoms with Crippen molar-refractivity contribution >= 4 is 68.8 Å². The molecular weight excluding hydrogens is 515 g/mol. The number of hydrogen-bond acceptors (Lipinski definition) is 7. The molecule has 2 heterocycles. The second-order valence-electron chi connectivity index (χ2n) is 7.65. The van der Waals surface area contributed by atoms with Gasteiger partial charge < -0.3 is 15.2 Å². The monoisotopic (exact) mass is 534 g/mol. The molecule has 0 unspecified atom stereocenters. The average molecular weight is 535 g/mol. The van der Waals surface area contributed by atoms with Gasteiger partial charge in [-0.05, 0) is 43.4 Å². The summed E-state index contributed by atoms with van der Waals surface area (Å²) >= 11 is 14.8. The Morgan fingerprint density at radius 2 is 2.00 bits per heavy atom. The maximum absolute atomic E-state index is 12.5. The van der Waals surface area contributed by atoms with Gasteiger partial charge >= 0.3 is 0 Å². The SMILES string of the molecule is Cn1c(CC(=O)Nc2cccc(Cl)c2Cl)nnc1SCC(=O)Nc1sc2c(c1C#N)CCCC2. The van der Waals surface area contributed by atoms with Gasteiger partial charge in [-0.3, -0.25) is 9.59 Å². The lowest BCUT2D eigenvalue weighted by Gasteiger charge is -2.09. The van der Waals surface area contributed by atoms with Gasteiger partial charge in [0.05, 0.1) is 33.5 Å². The zero-order valence-corrected chi connectivity index (χ0v) is 21.3. The van der Waals surface area contributed by atoms with Crippen LogP contribution in [0.2, 0.25) is 10.0 Å². The molecule has 12 heteroatoms. The number of carbonyl (C=O) groups is 2. The summed E-state index contributed by atoms with van der Waals surface area (Å²) in [4.78, 5) is 26.2. The van der Waals surface area contributed by atoms with E-state index in [1.807, 2.05) is 0 Å². The summed E-state index contributed by atoms with van der Waals surface area (Å²) in [6.45, 7) is 0. The van der Waals surface area contributed by atoms with Crippen LogP contribution in [-0.2, 0) is 35.9 Å². The summed E-state index contributed by atoms with van der Waals surface area (Å²) in [6, 6.07) is 7.23. The second kappa shape index (κ2) is 10.8. The van der Waals surface area contributed by atoms with Crippen LogP contribution in [0.5, 0.6) is 0 Å². The maximum Gasteiger partial charge on any atom is 0.235 e. The second-order valence-corrected chi connectivity index (χ2v) is 10.5. The van der Waals surface area contributed by atoms with E-state index in [-0.39, 0.29) is 29.0 Å². The Hall–Kier alpha value is -2.58. The molecule has 2 aromatic heterocycles. The lowest BCUT2D eigenvalue weighted by atomic mass is 9.96. The number of rotatable bonds is 7. The fourth-order valence-electron chi connectivity index (χ4n) is 3.63. The first-order valence-corrected chi connectivity index (χ1v) is 13.0. The van der Waals surface area contributed by atoms with Crippen molar-refractivity contribution in [2.75, 3.05) is 16.4 Å². The summed E-state index contributed by atoms with van der Waals surface area (Å²) in [5.74, 6) is -0.00195. The van der Waals surface area contributed by atoms with E-state index in [2.05, 4.69) is 26.9 Å². The third-order valence-corrected chi connectivity index (χ3v) is 8.38. The summed E-state index contributed by atoms with van der Waals surface area (Å²) < 4.78 is 1.67. The largest absolute Gasteiger partial charge is 0.324 e. The minimum atomic E-state index is -0.320. The first-order chi connectivity index (χ1) is 16.4. The van der Waals surface area contributed by atoms with E-state index in [4.69, 9.17) is 23.2 Å². The fourth-order valence-corrected chi connectivity index (χ4v) is 5.96. The Morgan fingerprint density at radius 1 is 1.21 bits per heavy atom. The van der Waals surface area contributed by atoms with Crippen molar-refractivity contribution in [3.05, 3.63) is 50.1 Å². The number of nitriles is 1. The molecule has 0 bridgehead atoms. The Morgan fingerprint density at radius 3 is 2.79 bits per heavy atom. The van der Waals surface area contributed by atoms with Crippen LogP contribution in [0.15, 0.2) is 23.4 Å². The molecule has 3 aromatic rings. The van der Waals surface area contributed by atoms with Gasteiger partial charge in [0.2, 0.25) is 11.8 Å². The molecule has 0 spiro atoms. The van der Waals surface area contributed by atoms with Crippen LogP contribution < -0.4 is 10.6 Å². The predicted molar refractivity (Wildman–Crippen MR) is 135 cm³/mol. The van der Waals surface area contributed by atoms with Crippen molar-refractivity contribution in [1.82, 2.24) is 14.8 Å². The molecule has 176 valence electrons. The van der Waals surface area contributed by atoms with Gasteiger partial charge in [0.15, 0.2) is 5.16 Å². The van der Waals surface area contributed by atoms with Crippen molar-refractivity contribution in [3.8, 4) is 6.07 Å². The van der Waals surface area contributed by atoms with Gasteiger partial charge in [0, 0.05) is 11.9 Å². The van der Waals surface area contributed by atoms with Gasteiger partial charge in [-0.2, -0.15) is 5.26 Å². The van der Waals surface area contributed by atoms with Crippen LogP contribution in [0.1, 0.15) is 34.7 Å². The van der Waals surface area contributed by atoms with Gasteiger partial charge in [-0.25, -0.2) is 0 Å². The standard InChI is InChI=1S/C22H20Cl2N6O2S2/c1-30-17(9-18(31)26-15-7-4-6-14(23)20(15)24)28-29-22(30)33-11-19(32)27-21-13(10-25)12-5-2-3-8-16(12)34-21/h4,6-7H,2-3,5,8-9,11H2,1H3,(H,26,31)(H,27,32). The zero-order chi connectivity index (χ0) is 24.2. The smallest absolute Gasteiger partial charge is 0.235 e. The highest BCUT2D eigenvalue weighted by atomic mass is 35.5. The predicted octanol–water partition coefficient (Wildman–Crippen LogP) is 4.85. The number of halogens is 2. The molecule has 2 N–H and O–H groups in total. The third kappa shape index (κ3) is 5.39. The number of aromatic nitrogens is 3. The minimum absolute atomic E-state index is 0.0224. The number of anilines is 2. The van der Waals surface area contributed by atoms with Crippen molar-refractivity contribution in [2.45, 2.75) is 37.3 Å². The summed E-state index contributed by atoms with van der Waals surface area (Å²) in [7, 11) is 1.73. The van der Waals surface area contributed by atoms with Crippen LogP contribution >= 0.6 is 46.3 Å². The summed E-state index contributed by atoms with van der Waals surface area (Å²) in [5, 5.41) is 25.0. The van der Waals surface area contributed by atoms with Crippen molar-refractivity contribution < 1.29 is 9.59 Å². The maximum atomic E-state index is 12.5. The van der Waals surface area contributed by atoms with E-state index >= 15 is 0 Å². The Labute approximate surface area is 214 Å². The molecule has 0 fully saturated rings. The number of nitrogens with one attached hydrogen (secondary N) is 2. The lowest BCUT2D eigenvalue weighted by molar-refractivity contribution is -0.116. The quantitative estimate of drug-likeness (QED) is 0.419. The Bertz CT molecular complexity index is 1300. The number of nitrogens with zero attached hydrogens (tertiary/aromatic N) is 4. The molecule has 4 rings (SSSR count). The van der Waals surface area contributed by atoms with Crippen LogP contribution in [0.3, 0.4) is 0 Å². The minimum Gasteiger partial charge on any atom is -0.324 e. The molecule has 8 nitrogen and oxygen atoms in total. The van der Waals surface area contributed by atoms with Crippen LogP contribution in [0, 0.1) is 11.3 Å². The van der Waals surface area contributed by atoms with Crippen molar-refractivity contribution in [2.24, 2.45) is 7.05 Å². The topological polar surface area (TPSA) is 113 Å². The van der Waals surface area contributed by atoms with E-state index in [0.29, 0.717) is 32.3 Å². The zero-order valence-electron chi connectivity index (χ0n) is 18.2. The van der Waals surface area contributed by atoms with E-state index in [0.717, 1.165) is 31.2 Å². The van der Waals surface area contributed by atoms with E-state index in [9.17, 15) is 14.9 Å². The molecule has 0 radical (unpaired) electrons. The molecule has 0 aliphatic heterocycles. The first kappa shape index (κ1) is 24.5. The van der Waals surface area contributed by atoms with E-state index < -0.39 is 0 Å². The van der Waals surface area contributed by atoms with E-state index in [1.54, 1.807) is 29.8 Å². The Balaban J connectivity index is 1.34.